The zero-order valence-corrected chi connectivity index (χ0v) is 6.50. The molecule has 2 unspecified atom stereocenters. The maximum Gasteiger partial charge on any atom is 0.181 e. The summed E-state index contributed by atoms with van der Waals surface area (Å²) in [5, 5.41) is 0. The van der Waals surface area contributed by atoms with E-state index in [0.29, 0.717) is 13.2 Å². The third-order valence-corrected chi connectivity index (χ3v) is 1.36. The molecular weight excluding hydrogens is 132 g/mol. The maximum absolute atomic E-state index is 5.32. The number of rotatable bonds is 3. The molecule has 0 radical (unpaired) electrons. The molecule has 3 heteroatoms. The van der Waals surface area contributed by atoms with Gasteiger partial charge < -0.3 is 14.2 Å². The van der Waals surface area contributed by atoms with Gasteiger partial charge in [-0.05, 0) is 13.8 Å². The SMILES string of the molecule is CCOCC1OCC(C)O1. The zero-order valence-electron chi connectivity index (χ0n) is 6.50. The first kappa shape index (κ1) is 7.98. The lowest BCUT2D eigenvalue weighted by Gasteiger charge is -2.08. The van der Waals surface area contributed by atoms with Crippen molar-refractivity contribution in [1.82, 2.24) is 0 Å². The van der Waals surface area contributed by atoms with Crippen molar-refractivity contribution in [3.05, 3.63) is 0 Å². The molecule has 2 atom stereocenters. The van der Waals surface area contributed by atoms with Crippen molar-refractivity contribution in [2.45, 2.75) is 26.2 Å². The summed E-state index contributed by atoms with van der Waals surface area (Å²) in [6.07, 6.45) is 0.0976. The summed E-state index contributed by atoms with van der Waals surface area (Å²) in [4.78, 5) is 0. The van der Waals surface area contributed by atoms with Crippen LogP contribution in [0.25, 0.3) is 0 Å². The molecule has 3 nitrogen and oxygen atoms in total. The first-order valence-electron chi connectivity index (χ1n) is 3.67. The Morgan fingerprint density at radius 3 is 2.90 bits per heavy atom. The highest BCUT2D eigenvalue weighted by Crippen LogP contribution is 2.10. The molecule has 1 rings (SSSR count). The highest BCUT2D eigenvalue weighted by molar-refractivity contribution is 4.58. The standard InChI is InChI=1S/C7H14O3/c1-3-8-5-7-9-4-6(2)10-7/h6-7H,3-5H2,1-2H3. The Labute approximate surface area is 61.3 Å². The van der Waals surface area contributed by atoms with E-state index in [-0.39, 0.29) is 12.4 Å². The van der Waals surface area contributed by atoms with E-state index in [0.717, 1.165) is 6.61 Å². The average molecular weight is 146 g/mol. The zero-order chi connectivity index (χ0) is 7.40. The van der Waals surface area contributed by atoms with Crippen LogP contribution in [0, 0.1) is 0 Å². The highest BCUT2D eigenvalue weighted by atomic mass is 16.7. The van der Waals surface area contributed by atoms with Gasteiger partial charge in [0.25, 0.3) is 0 Å². The molecule has 0 amide bonds. The molecule has 10 heavy (non-hydrogen) atoms. The minimum absolute atomic E-state index is 0.130. The molecule has 1 aliphatic rings. The van der Waals surface area contributed by atoms with Crippen molar-refractivity contribution in [3.63, 3.8) is 0 Å². The van der Waals surface area contributed by atoms with Crippen LogP contribution in [-0.2, 0) is 14.2 Å². The van der Waals surface area contributed by atoms with E-state index in [1.807, 2.05) is 13.8 Å². The van der Waals surface area contributed by atoms with E-state index in [1.165, 1.54) is 0 Å². The molecule has 0 N–H and O–H groups in total. The van der Waals surface area contributed by atoms with Gasteiger partial charge in [-0.2, -0.15) is 0 Å². The van der Waals surface area contributed by atoms with E-state index < -0.39 is 0 Å². The van der Waals surface area contributed by atoms with Gasteiger partial charge in [-0.3, -0.25) is 0 Å². The molecule has 0 aliphatic carbocycles. The van der Waals surface area contributed by atoms with Gasteiger partial charge in [-0.25, -0.2) is 0 Å². The van der Waals surface area contributed by atoms with Gasteiger partial charge in [0, 0.05) is 6.61 Å². The fourth-order valence-electron chi connectivity index (χ4n) is 0.882. The van der Waals surface area contributed by atoms with Crippen molar-refractivity contribution < 1.29 is 14.2 Å². The molecule has 0 bridgehead atoms. The van der Waals surface area contributed by atoms with Crippen molar-refractivity contribution >= 4 is 0 Å². The van der Waals surface area contributed by atoms with Crippen LogP contribution < -0.4 is 0 Å². The van der Waals surface area contributed by atoms with E-state index in [9.17, 15) is 0 Å². The predicted molar refractivity (Wildman–Crippen MR) is 36.8 cm³/mol. The average Bonchev–Trinajstić information content (AvgIpc) is 2.31. The molecule has 0 aromatic carbocycles. The Bertz CT molecular complexity index is 94.9. The largest absolute Gasteiger partial charge is 0.376 e. The van der Waals surface area contributed by atoms with E-state index in [4.69, 9.17) is 14.2 Å². The van der Waals surface area contributed by atoms with Gasteiger partial charge in [-0.15, -0.1) is 0 Å². The minimum Gasteiger partial charge on any atom is -0.376 e. The van der Waals surface area contributed by atoms with Gasteiger partial charge in [0.1, 0.15) is 0 Å². The highest BCUT2D eigenvalue weighted by Gasteiger charge is 2.21. The second-order valence-corrected chi connectivity index (χ2v) is 2.37. The fourth-order valence-corrected chi connectivity index (χ4v) is 0.882. The number of hydrogen-bond acceptors (Lipinski definition) is 3. The van der Waals surface area contributed by atoms with Gasteiger partial charge >= 0.3 is 0 Å². The van der Waals surface area contributed by atoms with Crippen LogP contribution in [0.2, 0.25) is 0 Å². The molecule has 0 spiro atoms. The van der Waals surface area contributed by atoms with Gasteiger partial charge in [0.2, 0.25) is 0 Å². The lowest BCUT2D eigenvalue weighted by molar-refractivity contribution is -0.101. The number of ether oxygens (including phenoxy) is 3. The Hall–Kier alpha value is -0.120. The summed E-state index contributed by atoms with van der Waals surface area (Å²) in [7, 11) is 0. The maximum atomic E-state index is 5.32. The van der Waals surface area contributed by atoms with Crippen LogP contribution in [-0.4, -0.2) is 32.2 Å². The molecule has 0 aromatic heterocycles. The fraction of sp³-hybridized carbons (Fsp3) is 1.00. The summed E-state index contributed by atoms with van der Waals surface area (Å²) in [5.41, 5.74) is 0. The van der Waals surface area contributed by atoms with Crippen LogP contribution in [0.1, 0.15) is 13.8 Å². The van der Waals surface area contributed by atoms with Crippen LogP contribution in [0.3, 0.4) is 0 Å². The lowest BCUT2D eigenvalue weighted by atomic mass is 10.5. The smallest absolute Gasteiger partial charge is 0.181 e. The molecule has 1 saturated heterocycles. The van der Waals surface area contributed by atoms with Crippen molar-refractivity contribution in [3.8, 4) is 0 Å². The molecule has 1 aliphatic heterocycles. The normalized spacial score (nSPS) is 33.0. The van der Waals surface area contributed by atoms with Crippen molar-refractivity contribution in [2.24, 2.45) is 0 Å². The molecule has 0 aromatic rings. The van der Waals surface area contributed by atoms with E-state index in [1.54, 1.807) is 0 Å². The van der Waals surface area contributed by atoms with E-state index >= 15 is 0 Å². The minimum atomic E-state index is -0.130. The Balaban J connectivity index is 2.06. The molecule has 60 valence electrons. The summed E-state index contributed by atoms with van der Waals surface area (Å²) >= 11 is 0. The Kier molecular flexibility index (Phi) is 3.12. The Morgan fingerprint density at radius 1 is 1.60 bits per heavy atom. The summed E-state index contributed by atoms with van der Waals surface area (Å²) in [6, 6.07) is 0. The van der Waals surface area contributed by atoms with Gasteiger partial charge in [0.05, 0.1) is 19.3 Å². The van der Waals surface area contributed by atoms with Crippen LogP contribution >= 0.6 is 0 Å². The van der Waals surface area contributed by atoms with Gasteiger partial charge in [0.15, 0.2) is 6.29 Å². The number of hydrogen-bond donors (Lipinski definition) is 0. The monoisotopic (exact) mass is 146 g/mol. The summed E-state index contributed by atoms with van der Waals surface area (Å²) in [6.45, 7) is 5.92. The van der Waals surface area contributed by atoms with Crippen molar-refractivity contribution in [1.29, 1.82) is 0 Å². The molecule has 1 fully saturated rings. The first-order valence-corrected chi connectivity index (χ1v) is 3.67. The van der Waals surface area contributed by atoms with E-state index in [2.05, 4.69) is 0 Å². The summed E-state index contributed by atoms with van der Waals surface area (Å²) < 4.78 is 15.7. The molecule has 1 heterocycles. The van der Waals surface area contributed by atoms with Crippen LogP contribution in [0.5, 0.6) is 0 Å². The predicted octanol–water partition coefficient (Wildman–Crippen LogP) is 0.784. The second-order valence-electron chi connectivity index (χ2n) is 2.37. The van der Waals surface area contributed by atoms with Crippen LogP contribution in [0.15, 0.2) is 0 Å². The van der Waals surface area contributed by atoms with Gasteiger partial charge in [-0.1, -0.05) is 0 Å². The first-order chi connectivity index (χ1) is 4.83. The van der Waals surface area contributed by atoms with Crippen LogP contribution in [0.4, 0.5) is 0 Å². The third-order valence-electron chi connectivity index (χ3n) is 1.36. The van der Waals surface area contributed by atoms with Crippen molar-refractivity contribution in [2.75, 3.05) is 19.8 Å². The third kappa shape index (κ3) is 2.25. The topological polar surface area (TPSA) is 27.7 Å². The lowest BCUT2D eigenvalue weighted by Crippen LogP contribution is -2.16. The Morgan fingerprint density at radius 2 is 2.40 bits per heavy atom. The summed E-state index contributed by atoms with van der Waals surface area (Å²) in [5.74, 6) is 0. The quantitative estimate of drug-likeness (QED) is 0.589. The molecule has 0 saturated carbocycles. The molecular formula is C7H14O3. The second kappa shape index (κ2) is 3.91.